The summed E-state index contributed by atoms with van der Waals surface area (Å²) < 4.78 is 11.2. The zero-order valence-corrected chi connectivity index (χ0v) is 12.2. The summed E-state index contributed by atoms with van der Waals surface area (Å²) in [5.74, 6) is 1.89. The number of rotatable bonds is 6. The molecule has 1 heterocycles. The third-order valence-electron chi connectivity index (χ3n) is 3.21. The molecule has 1 aromatic heterocycles. The number of aromatic nitrogens is 2. The zero-order valence-electron chi connectivity index (χ0n) is 12.2. The van der Waals surface area contributed by atoms with Gasteiger partial charge in [0, 0.05) is 13.0 Å². The van der Waals surface area contributed by atoms with Crippen LogP contribution in [0.15, 0.2) is 22.6 Å². The Morgan fingerprint density at radius 3 is 2.75 bits per heavy atom. The van der Waals surface area contributed by atoms with E-state index in [4.69, 9.17) is 14.9 Å². The van der Waals surface area contributed by atoms with Crippen molar-refractivity contribution in [2.45, 2.75) is 46.3 Å². The smallest absolute Gasteiger partial charge is 0.253 e. The van der Waals surface area contributed by atoms with Crippen LogP contribution in [0.3, 0.4) is 0 Å². The van der Waals surface area contributed by atoms with Crippen LogP contribution in [0.5, 0.6) is 5.75 Å². The predicted molar refractivity (Wildman–Crippen MR) is 76.5 cm³/mol. The van der Waals surface area contributed by atoms with Gasteiger partial charge in [-0.15, -0.1) is 10.2 Å². The van der Waals surface area contributed by atoms with Gasteiger partial charge in [-0.1, -0.05) is 25.1 Å². The third-order valence-corrected chi connectivity index (χ3v) is 3.21. The van der Waals surface area contributed by atoms with Crippen LogP contribution in [0.2, 0.25) is 0 Å². The average molecular weight is 275 g/mol. The van der Waals surface area contributed by atoms with Crippen molar-refractivity contribution in [2.24, 2.45) is 5.73 Å². The highest BCUT2D eigenvalue weighted by atomic mass is 16.5. The molecule has 0 radical (unpaired) electrons. The highest BCUT2D eigenvalue weighted by Gasteiger charge is 2.12. The van der Waals surface area contributed by atoms with Gasteiger partial charge in [-0.2, -0.15) is 0 Å². The topological polar surface area (TPSA) is 74.2 Å². The van der Waals surface area contributed by atoms with Crippen molar-refractivity contribution < 1.29 is 9.15 Å². The normalized spacial score (nSPS) is 12.4. The Bertz CT molecular complexity index is 566. The first-order valence-corrected chi connectivity index (χ1v) is 6.86. The molecule has 1 atom stereocenters. The van der Waals surface area contributed by atoms with Crippen LogP contribution < -0.4 is 10.5 Å². The number of aryl methyl sites for hydroxylation is 2. The molecule has 2 N–H and O–H groups in total. The quantitative estimate of drug-likeness (QED) is 0.877. The van der Waals surface area contributed by atoms with Crippen molar-refractivity contribution in [2.75, 3.05) is 0 Å². The summed E-state index contributed by atoms with van der Waals surface area (Å²) in [6.45, 7) is 6.15. The van der Waals surface area contributed by atoms with Crippen LogP contribution in [0.4, 0.5) is 0 Å². The molecular formula is C15H21N3O2. The number of hydrogen-bond acceptors (Lipinski definition) is 5. The summed E-state index contributed by atoms with van der Waals surface area (Å²) in [4.78, 5) is 0. The van der Waals surface area contributed by atoms with Gasteiger partial charge >= 0.3 is 0 Å². The first kappa shape index (κ1) is 14.5. The molecule has 0 aliphatic carbocycles. The molecule has 2 rings (SSSR count). The first-order valence-electron chi connectivity index (χ1n) is 6.86. The summed E-state index contributed by atoms with van der Waals surface area (Å²) in [5.41, 5.74) is 8.24. The minimum atomic E-state index is 0.143. The Labute approximate surface area is 119 Å². The van der Waals surface area contributed by atoms with E-state index >= 15 is 0 Å². The van der Waals surface area contributed by atoms with E-state index < -0.39 is 0 Å². The van der Waals surface area contributed by atoms with Crippen LogP contribution in [-0.4, -0.2) is 16.2 Å². The second-order valence-electron chi connectivity index (χ2n) is 4.94. The summed E-state index contributed by atoms with van der Waals surface area (Å²) in [6, 6.07) is 6.24. The van der Waals surface area contributed by atoms with E-state index in [-0.39, 0.29) is 12.6 Å². The molecule has 0 saturated heterocycles. The molecule has 20 heavy (non-hydrogen) atoms. The van der Waals surface area contributed by atoms with E-state index in [0.717, 1.165) is 29.7 Å². The van der Waals surface area contributed by atoms with Crippen LogP contribution >= 0.6 is 0 Å². The molecule has 108 valence electrons. The molecule has 0 amide bonds. The fraction of sp³-hybridized carbons (Fsp3) is 0.467. The molecule has 2 aromatic rings. The van der Waals surface area contributed by atoms with Crippen LogP contribution in [0.1, 0.15) is 36.3 Å². The highest BCUT2D eigenvalue weighted by molar-refractivity contribution is 5.41. The number of benzene rings is 1. The Kier molecular flexibility index (Phi) is 4.74. The molecular weight excluding hydrogens is 254 g/mol. The monoisotopic (exact) mass is 275 g/mol. The first-order chi connectivity index (χ1) is 9.60. The maximum atomic E-state index is 6.04. The number of ether oxygens (including phenoxy) is 1. The van der Waals surface area contributed by atoms with Gasteiger partial charge < -0.3 is 14.9 Å². The van der Waals surface area contributed by atoms with Crippen molar-refractivity contribution in [3.05, 3.63) is 41.1 Å². The van der Waals surface area contributed by atoms with Gasteiger partial charge in [0.1, 0.15) is 5.75 Å². The fourth-order valence-corrected chi connectivity index (χ4v) is 2.04. The Balaban J connectivity index is 2.12. The highest BCUT2D eigenvalue weighted by Crippen LogP contribution is 2.25. The van der Waals surface area contributed by atoms with Crippen molar-refractivity contribution in [1.29, 1.82) is 0 Å². The van der Waals surface area contributed by atoms with Crippen LogP contribution in [-0.2, 0) is 13.0 Å². The minimum absolute atomic E-state index is 0.143. The molecule has 1 aromatic carbocycles. The van der Waals surface area contributed by atoms with Crippen molar-refractivity contribution >= 4 is 0 Å². The van der Waals surface area contributed by atoms with E-state index in [1.807, 2.05) is 19.1 Å². The molecule has 0 saturated carbocycles. The van der Waals surface area contributed by atoms with Gasteiger partial charge in [-0.3, -0.25) is 0 Å². The third kappa shape index (κ3) is 3.57. The van der Waals surface area contributed by atoms with Crippen molar-refractivity contribution in [3.8, 4) is 5.75 Å². The van der Waals surface area contributed by atoms with Gasteiger partial charge in [-0.25, -0.2) is 0 Å². The maximum absolute atomic E-state index is 6.04. The molecule has 0 bridgehead atoms. The summed E-state index contributed by atoms with van der Waals surface area (Å²) >= 11 is 0. The molecule has 1 unspecified atom stereocenters. The Morgan fingerprint density at radius 1 is 1.30 bits per heavy atom. The summed E-state index contributed by atoms with van der Waals surface area (Å²) in [6.07, 6.45) is 1.74. The van der Waals surface area contributed by atoms with Gasteiger partial charge in [0.05, 0.1) is 0 Å². The molecule has 0 spiro atoms. The number of para-hydroxylation sites is 1. The van der Waals surface area contributed by atoms with E-state index in [0.29, 0.717) is 11.8 Å². The molecule has 0 aliphatic heterocycles. The lowest BCUT2D eigenvalue weighted by atomic mass is 10.0. The fourth-order valence-electron chi connectivity index (χ4n) is 2.04. The Morgan fingerprint density at radius 2 is 2.10 bits per heavy atom. The van der Waals surface area contributed by atoms with E-state index in [1.54, 1.807) is 6.92 Å². The SMILES string of the molecule is CCC(N)Cc1cccc(C)c1OCc1nnc(C)o1. The van der Waals surface area contributed by atoms with Crippen molar-refractivity contribution in [3.63, 3.8) is 0 Å². The van der Waals surface area contributed by atoms with Gasteiger partial charge in [0.25, 0.3) is 5.89 Å². The van der Waals surface area contributed by atoms with Gasteiger partial charge in [0.15, 0.2) is 6.61 Å². The average Bonchev–Trinajstić information content (AvgIpc) is 2.83. The van der Waals surface area contributed by atoms with E-state index in [1.165, 1.54) is 0 Å². The standard InChI is InChI=1S/C15H21N3O2/c1-4-13(16)8-12-7-5-6-10(2)15(12)19-9-14-18-17-11(3)20-14/h5-7,13H,4,8-9,16H2,1-3H3. The predicted octanol–water partition coefficient (Wildman–Crippen LogP) is 2.55. The Hall–Kier alpha value is -1.88. The second-order valence-corrected chi connectivity index (χ2v) is 4.94. The number of nitrogens with two attached hydrogens (primary N) is 1. The van der Waals surface area contributed by atoms with Crippen molar-refractivity contribution in [1.82, 2.24) is 10.2 Å². The lowest BCUT2D eigenvalue weighted by Crippen LogP contribution is -2.21. The molecule has 5 nitrogen and oxygen atoms in total. The zero-order chi connectivity index (χ0) is 14.5. The lowest BCUT2D eigenvalue weighted by molar-refractivity contribution is 0.256. The summed E-state index contributed by atoms with van der Waals surface area (Å²) in [5, 5.41) is 7.72. The lowest BCUT2D eigenvalue weighted by Gasteiger charge is -2.15. The van der Waals surface area contributed by atoms with Crippen LogP contribution in [0.25, 0.3) is 0 Å². The van der Waals surface area contributed by atoms with Gasteiger partial charge in [-0.05, 0) is 30.9 Å². The molecule has 0 aliphatic rings. The van der Waals surface area contributed by atoms with E-state index in [9.17, 15) is 0 Å². The van der Waals surface area contributed by atoms with Crippen LogP contribution in [0, 0.1) is 13.8 Å². The van der Waals surface area contributed by atoms with E-state index in [2.05, 4.69) is 23.2 Å². The largest absolute Gasteiger partial charge is 0.483 e. The minimum Gasteiger partial charge on any atom is -0.483 e. The molecule has 0 fully saturated rings. The van der Waals surface area contributed by atoms with Gasteiger partial charge in [0.2, 0.25) is 5.89 Å². The number of hydrogen-bond donors (Lipinski definition) is 1. The maximum Gasteiger partial charge on any atom is 0.253 e. The second kappa shape index (κ2) is 6.52. The summed E-state index contributed by atoms with van der Waals surface area (Å²) in [7, 11) is 0. The molecule has 5 heteroatoms. The number of nitrogens with zero attached hydrogens (tertiary/aromatic N) is 2.